The van der Waals surface area contributed by atoms with Crippen LogP contribution in [0.25, 0.3) is 0 Å². The Bertz CT molecular complexity index is 377. The molecular weight excluding hydrogens is 260 g/mol. The van der Waals surface area contributed by atoms with Gasteiger partial charge in [-0.15, -0.1) is 0 Å². The summed E-state index contributed by atoms with van der Waals surface area (Å²) < 4.78 is 6.13. The molecular formula is C10H13BrN2O2. The lowest BCUT2D eigenvalue weighted by Crippen LogP contribution is -2.32. The molecule has 2 heterocycles. The normalized spacial score (nSPS) is 26.3. The smallest absolute Gasteiger partial charge is 0.224 e. The van der Waals surface area contributed by atoms with Crippen molar-refractivity contribution in [2.75, 3.05) is 6.54 Å². The van der Waals surface area contributed by atoms with Crippen LogP contribution in [0.15, 0.2) is 21.2 Å². The number of likely N-dealkylation sites (N-methyl/N-ethyl adjacent to an activating group) is 1. The summed E-state index contributed by atoms with van der Waals surface area (Å²) in [6, 6.07) is 3.39. The minimum Gasteiger partial charge on any atom is -0.452 e. The number of rotatable bonds is 2. The maximum Gasteiger partial charge on any atom is 0.224 e. The van der Waals surface area contributed by atoms with E-state index >= 15 is 0 Å². The number of likely N-dealkylation sites (tertiary alicyclic amines) is 1. The Morgan fingerprint density at radius 2 is 2.40 bits per heavy atom. The molecule has 15 heavy (non-hydrogen) atoms. The van der Waals surface area contributed by atoms with Gasteiger partial charge in [0, 0.05) is 19.0 Å². The van der Waals surface area contributed by atoms with E-state index in [1.54, 1.807) is 4.90 Å². The molecule has 1 aromatic heterocycles. The number of halogens is 1. The van der Waals surface area contributed by atoms with Crippen LogP contribution in [0.5, 0.6) is 0 Å². The Morgan fingerprint density at radius 3 is 2.93 bits per heavy atom. The van der Waals surface area contributed by atoms with Crippen LogP contribution in [0, 0.1) is 0 Å². The van der Waals surface area contributed by atoms with Crippen molar-refractivity contribution in [3.05, 3.63) is 22.6 Å². The first-order valence-corrected chi connectivity index (χ1v) is 5.73. The first-order valence-electron chi connectivity index (χ1n) is 4.93. The molecule has 1 amide bonds. The molecule has 5 heteroatoms. The maximum atomic E-state index is 11.6. The van der Waals surface area contributed by atoms with Gasteiger partial charge in [0.2, 0.25) is 5.91 Å². The van der Waals surface area contributed by atoms with Crippen molar-refractivity contribution in [3.63, 3.8) is 0 Å². The minimum atomic E-state index is -0.171. The first kappa shape index (κ1) is 10.7. The topological polar surface area (TPSA) is 59.5 Å². The molecule has 0 spiro atoms. The molecule has 0 saturated carbocycles. The Kier molecular flexibility index (Phi) is 2.84. The van der Waals surface area contributed by atoms with Gasteiger partial charge in [0.05, 0.1) is 0 Å². The molecule has 1 aliphatic rings. The van der Waals surface area contributed by atoms with Gasteiger partial charge < -0.3 is 15.1 Å². The van der Waals surface area contributed by atoms with Gasteiger partial charge in [0.25, 0.3) is 0 Å². The SMILES string of the molecule is CCN1C(=O)CC(N)C1c1ccc(Br)o1. The molecule has 0 aromatic carbocycles. The van der Waals surface area contributed by atoms with E-state index in [0.29, 0.717) is 17.6 Å². The second-order valence-corrected chi connectivity index (χ2v) is 4.42. The zero-order chi connectivity index (χ0) is 11.0. The second kappa shape index (κ2) is 3.98. The van der Waals surface area contributed by atoms with Crippen molar-refractivity contribution >= 4 is 21.8 Å². The van der Waals surface area contributed by atoms with Crippen LogP contribution in [0.2, 0.25) is 0 Å². The Hall–Kier alpha value is -0.810. The van der Waals surface area contributed by atoms with E-state index in [-0.39, 0.29) is 18.0 Å². The molecule has 2 unspecified atom stereocenters. The third-order valence-corrected chi connectivity index (χ3v) is 3.12. The summed E-state index contributed by atoms with van der Waals surface area (Å²) in [7, 11) is 0. The van der Waals surface area contributed by atoms with Gasteiger partial charge in [-0.3, -0.25) is 4.79 Å². The molecule has 1 fully saturated rings. The van der Waals surface area contributed by atoms with Gasteiger partial charge in [-0.1, -0.05) is 0 Å². The summed E-state index contributed by atoms with van der Waals surface area (Å²) in [6.45, 7) is 2.61. The largest absolute Gasteiger partial charge is 0.452 e. The molecule has 0 radical (unpaired) electrons. The Balaban J connectivity index is 2.30. The number of hydrogen-bond donors (Lipinski definition) is 1. The van der Waals surface area contributed by atoms with Gasteiger partial charge in [-0.2, -0.15) is 0 Å². The van der Waals surface area contributed by atoms with Crippen molar-refractivity contribution in [1.29, 1.82) is 0 Å². The molecule has 2 atom stereocenters. The van der Waals surface area contributed by atoms with E-state index in [2.05, 4.69) is 15.9 Å². The second-order valence-electron chi connectivity index (χ2n) is 3.63. The van der Waals surface area contributed by atoms with Gasteiger partial charge in [-0.05, 0) is 35.0 Å². The highest BCUT2D eigenvalue weighted by atomic mass is 79.9. The molecule has 0 bridgehead atoms. The van der Waals surface area contributed by atoms with Crippen molar-refractivity contribution in [3.8, 4) is 0 Å². The third-order valence-electron chi connectivity index (χ3n) is 2.70. The van der Waals surface area contributed by atoms with E-state index in [9.17, 15) is 4.79 Å². The molecule has 0 aliphatic carbocycles. The number of carbonyl (C=O) groups excluding carboxylic acids is 1. The summed E-state index contributed by atoms with van der Waals surface area (Å²) in [4.78, 5) is 13.4. The number of nitrogens with two attached hydrogens (primary N) is 1. The van der Waals surface area contributed by atoms with Crippen molar-refractivity contribution < 1.29 is 9.21 Å². The van der Waals surface area contributed by atoms with E-state index in [0.717, 1.165) is 5.76 Å². The van der Waals surface area contributed by atoms with E-state index in [1.165, 1.54) is 0 Å². The molecule has 2 rings (SSSR count). The van der Waals surface area contributed by atoms with Gasteiger partial charge in [-0.25, -0.2) is 0 Å². The number of amides is 1. The predicted octanol–water partition coefficient (Wildman–Crippen LogP) is 1.66. The fourth-order valence-corrected chi connectivity index (χ4v) is 2.36. The van der Waals surface area contributed by atoms with Gasteiger partial charge in [0.15, 0.2) is 4.67 Å². The van der Waals surface area contributed by atoms with Crippen LogP contribution in [-0.2, 0) is 4.79 Å². The summed E-state index contributed by atoms with van der Waals surface area (Å²) >= 11 is 3.25. The van der Waals surface area contributed by atoms with Crippen LogP contribution < -0.4 is 5.73 Å². The fourth-order valence-electron chi connectivity index (χ4n) is 2.04. The number of hydrogen-bond acceptors (Lipinski definition) is 3. The first-order chi connectivity index (χ1) is 7.13. The van der Waals surface area contributed by atoms with Crippen LogP contribution >= 0.6 is 15.9 Å². The molecule has 4 nitrogen and oxygen atoms in total. The third kappa shape index (κ3) is 1.81. The lowest BCUT2D eigenvalue weighted by atomic mass is 10.1. The molecule has 1 aliphatic heterocycles. The zero-order valence-corrected chi connectivity index (χ0v) is 10.0. The van der Waals surface area contributed by atoms with Crippen LogP contribution in [-0.4, -0.2) is 23.4 Å². The minimum absolute atomic E-state index is 0.0996. The number of nitrogens with zero attached hydrogens (tertiary/aromatic N) is 1. The highest BCUT2D eigenvalue weighted by Crippen LogP contribution is 2.33. The highest BCUT2D eigenvalue weighted by molar-refractivity contribution is 9.10. The van der Waals surface area contributed by atoms with Crippen molar-refractivity contribution in [1.82, 2.24) is 4.90 Å². The summed E-state index contributed by atoms with van der Waals surface area (Å²) in [5.41, 5.74) is 5.94. The maximum absolute atomic E-state index is 11.6. The summed E-state index contributed by atoms with van der Waals surface area (Å²) in [5.74, 6) is 0.851. The van der Waals surface area contributed by atoms with Crippen molar-refractivity contribution in [2.24, 2.45) is 5.73 Å². The standard InChI is InChI=1S/C10H13BrN2O2/c1-2-13-9(14)5-6(12)10(13)7-3-4-8(11)15-7/h3-4,6,10H,2,5,12H2,1H3. The average Bonchev–Trinajstić information content (AvgIpc) is 2.70. The molecule has 82 valence electrons. The van der Waals surface area contributed by atoms with Crippen LogP contribution in [0.4, 0.5) is 0 Å². The Labute approximate surface area is 96.5 Å². The van der Waals surface area contributed by atoms with Gasteiger partial charge >= 0.3 is 0 Å². The highest BCUT2D eigenvalue weighted by Gasteiger charge is 2.39. The molecule has 1 saturated heterocycles. The van der Waals surface area contributed by atoms with Crippen molar-refractivity contribution in [2.45, 2.75) is 25.4 Å². The van der Waals surface area contributed by atoms with E-state index in [1.807, 2.05) is 19.1 Å². The monoisotopic (exact) mass is 272 g/mol. The molecule has 1 aromatic rings. The summed E-state index contributed by atoms with van der Waals surface area (Å²) in [6.07, 6.45) is 0.400. The van der Waals surface area contributed by atoms with E-state index in [4.69, 9.17) is 10.2 Å². The number of furan rings is 1. The fraction of sp³-hybridized carbons (Fsp3) is 0.500. The number of carbonyl (C=O) groups is 1. The zero-order valence-electron chi connectivity index (χ0n) is 8.44. The van der Waals surface area contributed by atoms with Crippen LogP contribution in [0.3, 0.4) is 0 Å². The lowest BCUT2D eigenvalue weighted by Gasteiger charge is -2.23. The predicted molar refractivity (Wildman–Crippen MR) is 59.1 cm³/mol. The van der Waals surface area contributed by atoms with Crippen LogP contribution in [0.1, 0.15) is 25.1 Å². The average molecular weight is 273 g/mol. The Morgan fingerprint density at radius 1 is 1.67 bits per heavy atom. The molecule has 2 N–H and O–H groups in total. The quantitative estimate of drug-likeness (QED) is 0.891. The lowest BCUT2D eigenvalue weighted by molar-refractivity contribution is -0.129. The summed E-state index contributed by atoms with van der Waals surface area (Å²) in [5, 5.41) is 0. The van der Waals surface area contributed by atoms with Gasteiger partial charge in [0.1, 0.15) is 11.8 Å². The van der Waals surface area contributed by atoms with E-state index < -0.39 is 0 Å².